The van der Waals surface area contributed by atoms with Crippen LogP contribution in [-0.2, 0) is 0 Å². The number of anilines is 2. The number of nitrogens with zero attached hydrogens (tertiary/aromatic N) is 2. The smallest absolute Gasteiger partial charge is 0.233 e. The maximum atomic E-state index is 5.40. The van der Waals surface area contributed by atoms with Crippen LogP contribution in [0.15, 0.2) is 0 Å². The third-order valence-electron chi connectivity index (χ3n) is 1.80. The molecule has 0 aliphatic heterocycles. The average molecular weight is 200 g/mol. The van der Waals surface area contributed by atoms with Crippen molar-refractivity contribution in [2.24, 2.45) is 0 Å². The van der Waals surface area contributed by atoms with Crippen LogP contribution in [0, 0.1) is 0 Å². The molecule has 0 aliphatic carbocycles. The zero-order valence-electron chi connectivity index (χ0n) is 8.08. The molecule has 4 nitrogen and oxygen atoms in total. The van der Waals surface area contributed by atoms with Crippen LogP contribution in [0.5, 0.6) is 0 Å². The van der Waals surface area contributed by atoms with Crippen LogP contribution >= 0.6 is 11.5 Å². The van der Waals surface area contributed by atoms with E-state index in [4.69, 9.17) is 5.73 Å². The lowest BCUT2D eigenvalue weighted by molar-refractivity contribution is 0.645. The van der Waals surface area contributed by atoms with Gasteiger partial charge in [0, 0.05) is 17.6 Å². The Morgan fingerprint density at radius 1 is 1.62 bits per heavy atom. The third-order valence-corrected chi connectivity index (χ3v) is 2.46. The van der Waals surface area contributed by atoms with Crippen molar-refractivity contribution in [3.8, 4) is 0 Å². The Balaban J connectivity index is 2.31. The number of hydrogen-bond donors (Lipinski definition) is 2. The van der Waals surface area contributed by atoms with Gasteiger partial charge < -0.3 is 11.1 Å². The van der Waals surface area contributed by atoms with Crippen LogP contribution in [0.1, 0.15) is 33.1 Å². The summed E-state index contributed by atoms with van der Waals surface area (Å²) in [5.41, 5.74) is 5.40. The molecule has 0 spiro atoms. The van der Waals surface area contributed by atoms with Gasteiger partial charge in [-0.05, 0) is 13.3 Å². The molecule has 3 N–H and O–H groups in total. The Morgan fingerprint density at radius 2 is 2.38 bits per heavy atom. The maximum absolute atomic E-state index is 5.40. The number of hydrogen-bond acceptors (Lipinski definition) is 5. The van der Waals surface area contributed by atoms with E-state index in [-0.39, 0.29) is 0 Å². The van der Waals surface area contributed by atoms with Crippen molar-refractivity contribution in [2.45, 2.75) is 39.2 Å². The molecule has 0 radical (unpaired) electrons. The molecule has 0 aromatic carbocycles. The second-order valence-corrected chi connectivity index (χ2v) is 3.90. The normalized spacial score (nSPS) is 12.8. The number of nitrogens with two attached hydrogens (primary N) is 1. The van der Waals surface area contributed by atoms with Gasteiger partial charge in [-0.1, -0.05) is 19.8 Å². The number of rotatable bonds is 5. The minimum absolute atomic E-state index is 0.357. The lowest BCUT2D eigenvalue weighted by atomic mass is 10.1. The van der Waals surface area contributed by atoms with Gasteiger partial charge in [-0.3, -0.25) is 0 Å². The summed E-state index contributed by atoms with van der Waals surface area (Å²) >= 11 is 1.31. The number of aromatic nitrogens is 2. The second kappa shape index (κ2) is 5.01. The van der Waals surface area contributed by atoms with E-state index >= 15 is 0 Å². The fraction of sp³-hybridized carbons (Fsp3) is 0.750. The summed E-state index contributed by atoms with van der Waals surface area (Å²) in [6, 6.07) is 0.451. The number of nitrogens with one attached hydrogen (secondary N) is 1. The summed E-state index contributed by atoms with van der Waals surface area (Å²) in [7, 11) is 0. The van der Waals surface area contributed by atoms with Gasteiger partial charge in [-0.25, -0.2) is 0 Å². The van der Waals surface area contributed by atoms with Crippen LogP contribution < -0.4 is 11.1 Å². The zero-order chi connectivity index (χ0) is 9.68. The van der Waals surface area contributed by atoms with Gasteiger partial charge in [-0.2, -0.15) is 9.36 Å². The predicted octanol–water partition coefficient (Wildman–Crippen LogP) is 2.11. The monoisotopic (exact) mass is 200 g/mol. The molecule has 0 amide bonds. The molecule has 1 atom stereocenters. The Morgan fingerprint density at radius 3 is 2.92 bits per heavy atom. The molecule has 0 bridgehead atoms. The van der Waals surface area contributed by atoms with E-state index in [1.165, 1.54) is 24.4 Å². The molecule has 74 valence electrons. The highest BCUT2D eigenvalue weighted by atomic mass is 32.1. The van der Waals surface area contributed by atoms with E-state index in [0.29, 0.717) is 12.0 Å². The van der Waals surface area contributed by atoms with Gasteiger partial charge in [0.15, 0.2) is 0 Å². The van der Waals surface area contributed by atoms with E-state index < -0.39 is 0 Å². The molecular formula is C8H16N4S. The predicted molar refractivity (Wildman–Crippen MR) is 56.9 cm³/mol. The second-order valence-electron chi connectivity index (χ2n) is 3.15. The molecule has 1 heterocycles. The van der Waals surface area contributed by atoms with E-state index in [9.17, 15) is 0 Å². The van der Waals surface area contributed by atoms with Gasteiger partial charge in [0.25, 0.3) is 0 Å². The molecule has 1 unspecified atom stereocenters. The molecule has 1 aromatic heterocycles. The van der Waals surface area contributed by atoms with Crippen molar-refractivity contribution < 1.29 is 0 Å². The maximum Gasteiger partial charge on any atom is 0.233 e. The highest BCUT2D eigenvalue weighted by molar-refractivity contribution is 7.09. The summed E-state index contributed by atoms with van der Waals surface area (Å²) in [6.45, 7) is 4.34. The molecule has 0 fully saturated rings. The van der Waals surface area contributed by atoms with Crippen molar-refractivity contribution in [1.29, 1.82) is 0 Å². The summed E-state index contributed by atoms with van der Waals surface area (Å²) in [5, 5.41) is 4.08. The minimum atomic E-state index is 0.357. The molecule has 13 heavy (non-hydrogen) atoms. The Bertz CT molecular complexity index is 248. The summed E-state index contributed by atoms with van der Waals surface area (Å²) in [4.78, 5) is 4.03. The van der Waals surface area contributed by atoms with Crippen LogP contribution in [0.2, 0.25) is 0 Å². The SMILES string of the molecule is CCCCC(C)Nc1nc(N)ns1. The van der Waals surface area contributed by atoms with Crippen molar-refractivity contribution >= 4 is 22.6 Å². The first-order valence-electron chi connectivity index (χ1n) is 4.58. The van der Waals surface area contributed by atoms with Gasteiger partial charge in [0.1, 0.15) is 0 Å². The van der Waals surface area contributed by atoms with Gasteiger partial charge in [0.05, 0.1) is 0 Å². The first-order valence-corrected chi connectivity index (χ1v) is 5.35. The summed E-state index contributed by atoms with van der Waals surface area (Å²) in [5.74, 6) is 0.357. The van der Waals surface area contributed by atoms with Crippen molar-refractivity contribution in [3.63, 3.8) is 0 Å². The van der Waals surface area contributed by atoms with E-state index in [1.807, 2.05) is 0 Å². The molecule has 0 saturated heterocycles. The zero-order valence-corrected chi connectivity index (χ0v) is 8.90. The van der Waals surface area contributed by atoms with Crippen LogP contribution in [-0.4, -0.2) is 15.4 Å². The largest absolute Gasteiger partial charge is 0.367 e. The summed E-state index contributed by atoms with van der Waals surface area (Å²) < 4.78 is 3.90. The van der Waals surface area contributed by atoms with E-state index in [1.54, 1.807) is 0 Å². The van der Waals surface area contributed by atoms with Gasteiger partial charge >= 0.3 is 0 Å². The summed E-state index contributed by atoms with van der Waals surface area (Å²) in [6.07, 6.45) is 3.63. The van der Waals surface area contributed by atoms with Crippen LogP contribution in [0.4, 0.5) is 11.1 Å². The van der Waals surface area contributed by atoms with E-state index in [0.717, 1.165) is 11.6 Å². The van der Waals surface area contributed by atoms with Crippen molar-refractivity contribution in [3.05, 3.63) is 0 Å². The first-order chi connectivity index (χ1) is 6.22. The Labute approximate surface area is 82.7 Å². The average Bonchev–Trinajstić information content (AvgIpc) is 2.48. The molecule has 0 aliphatic rings. The quantitative estimate of drug-likeness (QED) is 0.764. The fourth-order valence-electron chi connectivity index (χ4n) is 1.09. The topological polar surface area (TPSA) is 63.8 Å². The Hall–Kier alpha value is -0.840. The van der Waals surface area contributed by atoms with Gasteiger partial charge in [0.2, 0.25) is 11.1 Å². The van der Waals surface area contributed by atoms with Crippen LogP contribution in [0.3, 0.4) is 0 Å². The molecular weight excluding hydrogens is 184 g/mol. The van der Waals surface area contributed by atoms with Crippen LogP contribution in [0.25, 0.3) is 0 Å². The van der Waals surface area contributed by atoms with Crippen molar-refractivity contribution in [1.82, 2.24) is 9.36 Å². The molecule has 5 heteroatoms. The first kappa shape index (κ1) is 10.2. The van der Waals surface area contributed by atoms with Crippen molar-refractivity contribution in [2.75, 3.05) is 11.1 Å². The van der Waals surface area contributed by atoms with Gasteiger partial charge in [-0.15, -0.1) is 0 Å². The lowest BCUT2D eigenvalue weighted by Crippen LogP contribution is -2.14. The highest BCUT2D eigenvalue weighted by Crippen LogP contribution is 2.14. The fourth-order valence-corrected chi connectivity index (χ4v) is 1.70. The highest BCUT2D eigenvalue weighted by Gasteiger charge is 2.04. The number of nitrogen functional groups attached to an aromatic ring is 1. The van der Waals surface area contributed by atoms with E-state index in [2.05, 4.69) is 28.5 Å². The standard InChI is InChI=1S/C8H16N4S/c1-3-4-5-6(2)10-8-11-7(9)12-13-8/h6H,3-5H2,1-2H3,(H3,9,10,11,12). The molecule has 1 aromatic rings. The number of unbranched alkanes of at least 4 members (excludes halogenated alkanes) is 1. The minimum Gasteiger partial charge on any atom is -0.367 e. The molecule has 1 rings (SSSR count). The Kier molecular flexibility index (Phi) is 3.95. The third kappa shape index (κ3) is 3.59. The lowest BCUT2D eigenvalue weighted by Gasteiger charge is -2.10. The molecule has 0 saturated carbocycles.